The molecule has 0 unspecified atom stereocenters. The molecule has 1 aliphatic heterocycles. The van der Waals surface area contributed by atoms with Crippen LogP contribution in [0.25, 0.3) is 0 Å². The fourth-order valence-corrected chi connectivity index (χ4v) is 2.72. The molecule has 0 amide bonds. The molecule has 0 fully saturated rings. The van der Waals surface area contributed by atoms with E-state index < -0.39 is 0 Å². The van der Waals surface area contributed by atoms with Crippen molar-refractivity contribution in [2.75, 3.05) is 20.8 Å². The zero-order chi connectivity index (χ0) is 14.8. The molecule has 1 heterocycles. The lowest BCUT2D eigenvalue weighted by Crippen LogP contribution is -2.19. The van der Waals surface area contributed by atoms with Gasteiger partial charge in [0.25, 0.3) is 0 Å². The maximum atomic E-state index is 9.50. The predicted octanol–water partition coefficient (Wildman–Crippen LogP) is 3.13. The number of phenols is 1. The highest BCUT2D eigenvalue weighted by molar-refractivity contribution is 5.47. The van der Waals surface area contributed by atoms with E-state index in [9.17, 15) is 5.11 Å². The van der Waals surface area contributed by atoms with Gasteiger partial charge in [0.1, 0.15) is 23.0 Å². The van der Waals surface area contributed by atoms with Crippen LogP contribution in [0.2, 0.25) is 0 Å². The van der Waals surface area contributed by atoms with Crippen LogP contribution in [0.15, 0.2) is 36.4 Å². The first-order valence-corrected chi connectivity index (χ1v) is 6.88. The minimum atomic E-state index is 0.225. The first kappa shape index (κ1) is 13.6. The Hall–Kier alpha value is -2.36. The van der Waals surface area contributed by atoms with Gasteiger partial charge in [-0.05, 0) is 24.1 Å². The highest BCUT2D eigenvalue weighted by atomic mass is 16.5. The highest BCUT2D eigenvalue weighted by Crippen LogP contribution is 2.38. The molecular formula is C17H18O4. The normalized spacial score (nSPS) is 16.8. The summed E-state index contributed by atoms with van der Waals surface area (Å²) in [5.41, 5.74) is 2.21. The highest BCUT2D eigenvalue weighted by Gasteiger charge is 2.24. The molecule has 2 aromatic rings. The van der Waals surface area contributed by atoms with E-state index >= 15 is 0 Å². The summed E-state index contributed by atoms with van der Waals surface area (Å²) in [5.74, 6) is 2.80. The van der Waals surface area contributed by atoms with Crippen LogP contribution in [0.1, 0.15) is 17.0 Å². The second kappa shape index (κ2) is 5.56. The van der Waals surface area contributed by atoms with Crippen molar-refractivity contribution < 1.29 is 19.3 Å². The van der Waals surface area contributed by atoms with Crippen LogP contribution in [0.5, 0.6) is 23.0 Å². The molecule has 110 valence electrons. The van der Waals surface area contributed by atoms with Gasteiger partial charge in [0, 0.05) is 23.6 Å². The quantitative estimate of drug-likeness (QED) is 0.941. The molecule has 21 heavy (non-hydrogen) atoms. The van der Waals surface area contributed by atoms with E-state index in [0.29, 0.717) is 6.61 Å². The summed E-state index contributed by atoms with van der Waals surface area (Å²) >= 11 is 0. The summed E-state index contributed by atoms with van der Waals surface area (Å²) in [6.07, 6.45) is 0.859. The van der Waals surface area contributed by atoms with E-state index in [1.54, 1.807) is 26.4 Å². The van der Waals surface area contributed by atoms with Gasteiger partial charge in [-0.15, -0.1) is 0 Å². The van der Waals surface area contributed by atoms with Crippen molar-refractivity contribution in [2.24, 2.45) is 0 Å². The Bertz CT molecular complexity index is 651. The van der Waals surface area contributed by atoms with Gasteiger partial charge in [-0.1, -0.05) is 12.1 Å². The third kappa shape index (κ3) is 2.61. The Morgan fingerprint density at radius 3 is 2.71 bits per heavy atom. The molecule has 0 radical (unpaired) electrons. The van der Waals surface area contributed by atoms with Crippen molar-refractivity contribution in [3.8, 4) is 23.0 Å². The molecule has 4 nitrogen and oxygen atoms in total. The molecule has 0 saturated carbocycles. The van der Waals surface area contributed by atoms with Crippen LogP contribution in [-0.2, 0) is 6.42 Å². The zero-order valence-corrected chi connectivity index (χ0v) is 12.1. The molecular weight excluding hydrogens is 268 g/mol. The summed E-state index contributed by atoms with van der Waals surface area (Å²) in [6.45, 7) is 0.569. The van der Waals surface area contributed by atoms with Gasteiger partial charge in [0.15, 0.2) is 0 Å². The molecule has 4 heteroatoms. The van der Waals surface area contributed by atoms with E-state index in [2.05, 4.69) is 0 Å². The lowest BCUT2D eigenvalue weighted by Gasteiger charge is -2.27. The van der Waals surface area contributed by atoms with Crippen LogP contribution in [0, 0.1) is 0 Å². The van der Waals surface area contributed by atoms with Gasteiger partial charge in [-0.3, -0.25) is 0 Å². The lowest BCUT2D eigenvalue weighted by molar-refractivity contribution is 0.257. The summed E-state index contributed by atoms with van der Waals surface area (Å²) in [5, 5.41) is 9.50. The van der Waals surface area contributed by atoms with Crippen LogP contribution < -0.4 is 14.2 Å². The number of fused-ring (bicyclic) bond motifs is 1. The minimum absolute atomic E-state index is 0.225. The Morgan fingerprint density at radius 2 is 1.95 bits per heavy atom. The average molecular weight is 286 g/mol. The fraction of sp³-hybridized carbons (Fsp3) is 0.294. The van der Waals surface area contributed by atoms with Gasteiger partial charge in [0.05, 0.1) is 20.8 Å². The molecule has 0 aliphatic carbocycles. The van der Waals surface area contributed by atoms with E-state index in [4.69, 9.17) is 14.2 Å². The molecule has 2 aromatic carbocycles. The number of ether oxygens (including phenoxy) is 3. The average Bonchev–Trinajstić information content (AvgIpc) is 2.53. The molecule has 1 aliphatic rings. The number of rotatable bonds is 3. The van der Waals surface area contributed by atoms with Crippen LogP contribution in [-0.4, -0.2) is 25.9 Å². The van der Waals surface area contributed by atoms with Crippen LogP contribution in [0.4, 0.5) is 0 Å². The van der Waals surface area contributed by atoms with Gasteiger partial charge >= 0.3 is 0 Å². The Morgan fingerprint density at radius 1 is 1.10 bits per heavy atom. The molecule has 1 atom stereocenters. The Kier molecular flexibility index (Phi) is 3.60. The van der Waals surface area contributed by atoms with E-state index in [1.165, 1.54) is 0 Å². The molecule has 0 aromatic heterocycles. The smallest absolute Gasteiger partial charge is 0.126 e. The topological polar surface area (TPSA) is 47.9 Å². The largest absolute Gasteiger partial charge is 0.508 e. The van der Waals surface area contributed by atoms with E-state index in [0.717, 1.165) is 34.8 Å². The summed E-state index contributed by atoms with van der Waals surface area (Å²) in [4.78, 5) is 0. The second-order valence-corrected chi connectivity index (χ2v) is 5.11. The first-order chi connectivity index (χ1) is 10.2. The Labute approximate surface area is 123 Å². The number of phenolic OH excluding ortho intramolecular Hbond substituents is 1. The van der Waals surface area contributed by atoms with Gasteiger partial charge in [0.2, 0.25) is 0 Å². The number of methoxy groups -OCH3 is 2. The van der Waals surface area contributed by atoms with Crippen molar-refractivity contribution in [2.45, 2.75) is 12.3 Å². The first-order valence-electron chi connectivity index (χ1n) is 6.88. The third-order valence-corrected chi connectivity index (χ3v) is 3.84. The molecule has 0 spiro atoms. The van der Waals surface area contributed by atoms with E-state index in [-0.39, 0.29) is 11.7 Å². The predicted molar refractivity (Wildman–Crippen MR) is 79.6 cm³/mol. The summed E-state index contributed by atoms with van der Waals surface area (Å²) in [6, 6.07) is 11.1. The van der Waals surface area contributed by atoms with Gasteiger partial charge in [-0.25, -0.2) is 0 Å². The van der Waals surface area contributed by atoms with Crippen molar-refractivity contribution in [3.63, 3.8) is 0 Å². The van der Waals surface area contributed by atoms with Crippen LogP contribution >= 0.6 is 0 Å². The molecule has 1 N–H and O–H groups in total. The monoisotopic (exact) mass is 286 g/mol. The molecule has 3 rings (SSSR count). The van der Waals surface area contributed by atoms with Gasteiger partial charge in [-0.2, -0.15) is 0 Å². The fourth-order valence-electron chi connectivity index (χ4n) is 2.72. The third-order valence-electron chi connectivity index (χ3n) is 3.84. The molecule has 0 bridgehead atoms. The standard InChI is InChI=1S/C17H18O4/c1-19-14-5-6-15(17(9-14)20-2)12-7-11-3-4-13(18)8-16(11)21-10-12/h3-6,8-9,12,18H,7,10H2,1-2H3/t12-/m1/s1. The van der Waals surface area contributed by atoms with Crippen molar-refractivity contribution >= 4 is 0 Å². The van der Waals surface area contributed by atoms with Gasteiger partial charge < -0.3 is 19.3 Å². The second-order valence-electron chi connectivity index (χ2n) is 5.11. The minimum Gasteiger partial charge on any atom is -0.508 e. The summed E-state index contributed by atoms with van der Waals surface area (Å²) < 4.78 is 16.5. The van der Waals surface area contributed by atoms with Crippen molar-refractivity contribution in [1.29, 1.82) is 0 Å². The number of aromatic hydroxyl groups is 1. The SMILES string of the molecule is COc1ccc([C@H]2COc3cc(O)ccc3C2)c(OC)c1. The van der Waals surface area contributed by atoms with Crippen molar-refractivity contribution in [1.82, 2.24) is 0 Å². The van der Waals surface area contributed by atoms with Crippen LogP contribution in [0.3, 0.4) is 0 Å². The number of benzene rings is 2. The maximum absolute atomic E-state index is 9.50. The lowest BCUT2D eigenvalue weighted by atomic mass is 9.89. The number of hydrogen-bond donors (Lipinski definition) is 1. The maximum Gasteiger partial charge on any atom is 0.126 e. The van der Waals surface area contributed by atoms with E-state index in [1.807, 2.05) is 24.3 Å². The number of hydrogen-bond acceptors (Lipinski definition) is 4. The molecule has 0 saturated heterocycles. The van der Waals surface area contributed by atoms with Crippen molar-refractivity contribution in [3.05, 3.63) is 47.5 Å². The zero-order valence-electron chi connectivity index (χ0n) is 12.1. The Balaban J connectivity index is 1.90. The summed E-state index contributed by atoms with van der Waals surface area (Å²) in [7, 11) is 3.30.